The quantitative estimate of drug-likeness (QED) is 0.862. The first-order valence-corrected chi connectivity index (χ1v) is 7.30. The van der Waals surface area contributed by atoms with Crippen LogP contribution in [-0.4, -0.2) is 24.7 Å². The summed E-state index contributed by atoms with van der Waals surface area (Å²) in [6.45, 7) is 3.00. The molecule has 0 radical (unpaired) electrons. The van der Waals surface area contributed by atoms with E-state index in [1.54, 1.807) is 0 Å². The Bertz CT molecular complexity index is 612. The van der Waals surface area contributed by atoms with E-state index in [9.17, 15) is 0 Å². The van der Waals surface area contributed by atoms with Gasteiger partial charge in [-0.1, -0.05) is 24.3 Å². The van der Waals surface area contributed by atoms with Crippen molar-refractivity contribution in [3.05, 3.63) is 48.3 Å². The molecule has 0 saturated carbocycles. The molecule has 1 fully saturated rings. The van der Waals surface area contributed by atoms with E-state index in [1.165, 1.54) is 11.1 Å². The zero-order valence-electron chi connectivity index (χ0n) is 11.4. The standard InChI is InChI=1S/C17H18N2O/c1-4-14(12-3-2-7-18-9-12)17-15(5-1)16-11-19-10-13(16)6-8-20-17/h1-5,7,9,13,16,19H,6,8,10-11H2. The molecule has 0 aliphatic carbocycles. The molecule has 2 aromatic rings. The number of fused-ring (bicyclic) bond motifs is 3. The van der Waals surface area contributed by atoms with Gasteiger partial charge >= 0.3 is 0 Å². The molecule has 3 nitrogen and oxygen atoms in total. The summed E-state index contributed by atoms with van der Waals surface area (Å²) in [7, 11) is 0. The minimum atomic E-state index is 0.587. The van der Waals surface area contributed by atoms with Crippen molar-refractivity contribution in [1.29, 1.82) is 0 Å². The molecule has 20 heavy (non-hydrogen) atoms. The molecule has 0 spiro atoms. The summed E-state index contributed by atoms with van der Waals surface area (Å²) < 4.78 is 6.11. The third kappa shape index (κ3) is 1.90. The zero-order valence-corrected chi connectivity index (χ0v) is 11.4. The van der Waals surface area contributed by atoms with Crippen LogP contribution in [0.4, 0.5) is 0 Å². The summed E-state index contributed by atoms with van der Waals surface area (Å²) >= 11 is 0. The van der Waals surface area contributed by atoms with Crippen LogP contribution in [0.5, 0.6) is 5.75 Å². The molecular weight excluding hydrogens is 248 g/mol. The second-order valence-electron chi connectivity index (χ2n) is 5.63. The van der Waals surface area contributed by atoms with Crippen LogP contribution in [0.2, 0.25) is 0 Å². The van der Waals surface area contributed by atoms with Gasteiger partial charge in [0.25, 0.3) is 0 Å². The molecular formula is C17H18N2O. The number of para-hydroxylation sites is 1. The molecule has 1 saturated heterocycles. The van der Waals surface area contributed by atoms with Crippen LogP contribution >= 0.6 is 0 Å². The molecule has 1 aromatic carbocycles. The predicted octanol–water partition coefficient (Wildman–Crippen LogP) is 2.83. The van der Waals surface area contributed by atoms with E-state index in [1.807, 2.05) is 18.5 Å². The highest BCUT2D eigenvalue weighted by Crippen LogP contribution is 2.43. The molecule has 2 aliphatic heterocycles. The molecule has 2 unspecified atom stereocenters. The Balaban J connectivity index is 1.85. The van der Waals surface area contributed by atoms with Gasteiger partial charge in [0.2, 0.25) is 0 Å². The Kier molecular flexibility index (Phi) is 2.92. The number of nitrogens with one attached hydrogen (secondary N) is 1. The van der Waals surface area contributed by atoms with E-state index in [2.05, 4.69) is 34.6 Å². The summed E-state index contributed by atoms with van der Waals surface area (Å²) in [6.07, 6.45) is 4.86. The molecule has 3 heterocycles. The fourth-order valence-electron chi connectivity index (χ4n) is 3.47. The van der Waals surface area contributed by atoms with Gasteiger partial charge in [-0.3, -0.25) is 4.98 Å². The maximum absolute atomic E-state index is 6.11. The van der Waals surface area contributed by atoms with Crippen LogP contribution < -0.4 is 10.1 Å². The normalized spacial score (nSPS) is 24.4. The van der Waals surface area contributed by atoms with Crippen molar-refractivity contribution in [2.24, 2.45) is 5.92 Å². The number of pyridine rings is 1. The lowest BCUT2D eigenvalue weighted by Gasteiger charge is -2.18. The summed E-state index contributed by atoms with van der Waals surface area (Å²) in [6, 6.07) is 10.6. The van der Waals surface area contributed by atoms with Gasteiger partial charge < -0.3 is 10.1 Å². The Morgan fingerprint density at radius 2 is 2.15 bits per heavy atom. The van der Waals surface area contributed by atoms with E-state index < -0.39 is 0 Å². The number of benzene rings is 1. The molecule has 1 N–H and O–H groups in total. The third-order valence-corrected chi connectivity index (χ3v) is 4.49. The van der Waals surface area contributed by atoms with E-state index in [4.69, 9.17) is 4.74 Å². The second-order valence-corrected chi connectivity index (χ2v) is 5.63. The van der Waals surface area contributed by atoms with Crippen LogP contribution in [0.25, 0.3) is 11.1 Å². The van der Waals surface area contributed by atoms with E-state index in [-0.39, 0.29) is 0 Å². The Hall–Kier alpha value is -1.87. The highest BCUT2D eigenvalue weighted by atomic mass is 16.5. The molecule has 1 aromatic heterocycles. The van der Waals surface area contributed by atoms with Crippen molar-refractivity contribution < 1.29 is 4.74 Å². The fraction of sp³-hybridized carbons (Fsp3) is 0.353. The smallest absolute Gasteiger partial charge is 0.130 e. The van der Waals surface area contributed by atoms with Crippen molar-refractivity contribution >= 4 is 0 Å². The van der Waals surface area contributed by atoms with Crippen molar-refractivity contribution in [3.63, 3.8) is 0 Å². The van der Waals surface area contributed by atoms with E-state index >= 15 is 0 Å². The van der Waals surface area contributed by atoms with Crippen LogP contribution in [0.3, 0.4) is 0 Å². The van der Waals surface area contributed by atoms with Gasteiger partial charge in [-0.15, -0.1) is 0 Å². The van der Waals surface area contributed by atoms with Crippen molar-refractivity contribution in [1.82, 2.24) is 10.3 Å². The molecule has 0 amide bonds. The molecule has 2 aliphatic rings. The number of hydrogen-bond acceptors (Lipinski definition) is 3. The summed E-state index contributed by atoms with van der Waals surface area (Å²) in [5.41, 5.74) is 3.66. The molecule has 102 valence electrons. The Morgan fingerprint density at radius 3 is 3.05 bits per heavy atom. The third-order valence-electron chi connectivity index (χ3n) is 4.49. The van der Waals surface area contributed by atoms with Gasteiger partial charge in [-0.05, 0) is 30.5 Å². The fourth-order valence-corrected chi connectivity index (χ4v) is 3.47. The minimum Gasteiger partial charge on any atom is -0.493 e. The van der Waals surface area contributed by atoms with Gasteiger partial charge in [0.1, 0.15) is 5.75 Å². The maximum atomic E-state index is 6.11. The first-order valence-electron chi connectivity index (χ1n) is 7.30. The van der Waals surface area contributed by atoms with Gasteiger partial charge in [-0.2, -0.15) is 0 Å². The van der Waals surface area contributed by atoms with Crippen molar-refractivity contribution in [2.75, 3.05) is 19.7 Å². The lowest BCUT2D eigenvalue weighted by atomic mass is 9.86. The molecule has 3 heteroatoms. The average Bonchev–Trinajstić information content (AvgIpc) is 2.90. The maximum Gasteiger partial charge on any atom is 0.130 e. The number of hydrogen-bond donors (Lipinski definition) is 1. The van der Waals surface area contributed by atoms with Gasteiger partial charge in [0.05, 0.1) is 6.61 Å². The summed E-state index contributed by atoms with van der Waals surface area (Å²) in [5, 5.41) is 3.52. The first kappa shape index (κ1) is 11.9. The predicted molar refractivity (Wildman–Crippen MR) is 78.9 cm³/mol. The minimum absolute atomic E-state index is 0.587. The van der Waals surface area contributed by atoms with E-state index in [0.29, 0.717) is 11.8 Å². The largest absolute Gasteiger partial charge is 0.493 e. The topological polar surface area (TPSA) is 34.1 Å². The van der Waals surface area contributed by atoms with Crippen molar-refractivity contribution in [2.45, 2.75) is 12.3 Å². The van der Waals surface area contributed by atoms with Gasteiger partial charge in [-0.25, -0.2) is 0 Å². The summed E-state index contributed by atoms with van der Waals surface area (Å²) in [5.74, 6) is 2.36. The van der Waals surface area contributed by atoms with Gasteiger partial charge in [0, 0.05) is 36.0 Å². The van der Waals surface area contributed by atoms with Crippen LogP contribution in [0.1, 0.15) is 17.9 Å². The number of aromatic nitrogens is 1. The highest BCUT2D eigenvalue weighted by Gasteiger charge is 2.33. The summed E-state index contributed by atoms with van der Waals surface area (Å²) in [4.78, 5) is 4.23. The lowest BCUT2D eigenvalue weighted by molar-refractivity contribution is 0.297. The van der Waals surface area contributed by atoms with Crippen LogP contribution in [0, 0.1) is 5.92 Å². The Morgan fingerprint density at radius 1 is 1.15 bits per heavy atom. The first-order chi connectivity index (χ1) is 9.93. The lowest BCUT2D eigenvalue weighted by Crippen LogP contribution is -2.11. The number of rotatable bonds is 1. The highest BCUT2D eigenvalue weighted by molar-refractivity contribution is 5.72. The molecule has 2 atom stereocenters. The molecule has 4 rings (SSSR count). The Labute approximate surface area is 119 Å². The van der Waals surface area contributed by atoms with E-state index in [0.717, 1.165) is 37.4 Å². The van der Waals surface area contributed by atoms with Gasteiger partial charge in [0.15, 0.2) is 0 Å². The zero-order chi connectivity index (χ0) is 13.4. The SMILES string of the molecule is c1cncc(-c2cccc3c2OCCC2CNCC32)c1. The number of nitrogens with zero attached hydrogens (tertiary/aromatic N) is 1. The monoisotopic (exact) mass is 266 g/mol. The van der Waals surface area contributed by atoms with Crippen LogP contribution in [0.15, 0.2) is 42.7 Å². The van der Waals surface area contributed by atoms with Crippen molar-refractivity contribution in [3.8, 4) is 16.9 Å². The second kappa shape index (κ2) is 4.91. The van der Waals surface area contributed by atoms with Crippen LogP contribution in [-0.2, 0) is 0 Å². The average molecular weight is 266 g/mol. The molecule has 0 bridgehead atoms. The number of ether oxygens (including phenoxy) is 1.